The smallest absolute Gasteiger partial charge is 0.270 e. The van der Waals surface area contributed by atoms with Gasteiger partial charge in [-0.3, -0.25) is 9.69 Å². The number of carbonyl (C=O) groups excluding carboxylic acids is 1. The number of hydrogen-bond donors (Lipinski definition) is 0. The van der Waals surface area contributed by atoms with E-state index in [-0.39, 0.29) is 5.91 Å². The van der Waals surface area contributed by atoms with Crippen molar-refractivity contribution in [1.82, 2.24) is 14.8 Å². The Morgan fingerprint density at radius 3 is 2.48 bits per heavy atom. The van der Waals surface area contributed by atoms with Crippen molar-refractivity contribution in [2.75, 3.05) is 25.7 Å². The highest BCUT2D eigenvalue weighted by Gasteiger charge is 2.25. The first kappa shape index (κ1) is 28.0. The highest BCUT2D eigenvalue weighted by molar-refractivity contribution is 7.20. The molecule has 3 heterocycles. The lowest BCUT2D eigenvalue weighted by Crippen LogP contribution is -2.32. The van der Waals surface area contributed by atoms with Crippen molar-refractivity contribution >= 4 is 55.5 Å². The van der Waals surface area contributed by atoms with Crippen molar-refractivity contribution in [2.45, 2.75) is 13.3 Å². The predicted octanol–water partition coefficient (Wildman–Crippen LogP) is 8.08. The molecule has 0 aliphatic heterocycles. The first-order valence-electron chi connectivity index (χ1n) is 13.2. The zero-order valence-electron chi connectivity index (χ0n) is 23.2. The van der Waals surface area contributed by atoms with Crippen LogP contribution in [0.15, 0.2) is 84.2 Å². The van der Waals surface area contributed by atoms with Gasteiger partial charge in [0.1, 0.15) is 4.83 Å². The van der Waals surface area contributed by atoms with Gasteiger partial charge in [-0.1, -0.05) is 48.0 Å². The number of carbonyl (C=O) groups is 1. The topological polar surface area (TPSA) is 69.5 Å². The monoisotopic (exact) mass is 614 g/mol. The molecule has 0 N–H and O–H groups in total. The molecule has 0 saturated carbocycles. The Hall–Kier alpha value is -4.18. The van der Waals surface area contributed by atoms with Crippen LogP contribution in [0.25, 0.3) is 27.2 Å². The molecule has 3 aromatic heterocycles. The van der Waals surface area contributed by atoms with Gasteiger partial charge in [0, 0.05) is 27.9 Å². The summed E-state index contributed by atoms with van der Waals surface area (Å²) in [6.07, 6.45) is 0.601. The lowest BCUT2D eigenvalue weighted by molar-refractivity contribution is 0.0991. The third-order valence-corrected chi connectivity index (χ3v) is 9.15. The van der Waals surface area contributed by atoms with E-state index in [0.717, 1.165) is 38.4 Å². The van der Waals surface area contributed by atoms with Crippen LogP contribution in [0.3, 0.4) is 0 Å². The fourth-order valence-corrected chi connectivity index (χ4v) is 6.85. The number of methoxy groups -OCH3 is 2. The van der Waals surface area contributed by atoms with Gasteiger partial charge in [-0.15, -0.1) is 22.7 Å². The first-order valence-corrected chi connectivity index (χ1v) is 15.3. The van der Waals surface area contributed by atoms with E-state index >= 15 is 0 Å². The van der Waals surface area contributed by atoms with Gasteiger partial charge < -0.3 is 9.47 Å². The largest absolute Gasteiger partial charge is 0.493 e. The summed E-state index contributed by atoms with van der Waals surface area (Å²) in [5, 5.41) is 8.96. The normalized spacial score (nSPS) is 11.1. The van der Waals surface area contributed by atoms with Crippen LogP contribution < -0.4 is 14.4 Å². The Kier molecular flexibility index (Phi) is 7.97. The van der Waals surface area contributed by atoms with Crippen LogP contribution >= 0.6 is 34.3 Å². The van der Waals surface area contributed by atoms with E-state index in [1.54, 1.807) is 19.1 Å². The summed E-state index contributed by atoms with van der Waals surface area (Å²) in [5.74, 6) is 1.21. The van der Waals surface area contributed by atoms with E-state index in [4.69, 9.17) is 31.2 Å². The third-order valence-electron chi connectivity index (χ3n) is 6.94. The number of fused-ring (bicyclic) bond motifs is 1. The number of benzene rings is 3. The molecule has 6 rings (SSSR count). The van der Waals surface area contributed by atoms with Crippen LogP contribution in [0.5, 0.6) is 11.5 Å². The van der Waals surface area contributed by atoms with E-state index < -0.39 is 0 Å². The number of aryl methyl sites for hydroxylation is 1. The van der Waals surface area contributed by atoms with Gasteiger partial charge in [0.25, 0.3) is 5.91 Å². The van der Waals surface area contributed by atoms with Gasteiger partial charge >= 0.3 is 0 Å². The number of amides is 1. The quantitative estimate of drug-likeness (QED) is 0.165. The van der Waals surface area contributed by atoms with Crippen molar-refractivity contribution in [3.63, 3.8) is 0 Å². The lowest BCUT2D eigenvalue weighted by Gasteiger charge is -2.20. The van der Waals surface area contributed by atoms with Gasteiger partial charge in [-0.25, -0.2) is 9.67 Å². The maximum Gasteiger partial charge on any atom is 0.270 e. The third kappa shape index (κ3) is 5.51. The highest BCUT2D eigenvalue weighted by atomic mass is 35.5. The van der Waals surface area contributed by atoms with E-state index in [1.807, 2.05) is 95.8 Å². The molecule has 0 saturated heterocycles. The molecule has 212 valence electrons. The molecule has 10 heteroatoms. The molecule has 0 radical (unpaired) electrons. The van der Waals surface area contributed by atoms with Crippen LogP contribution in [-0.2, 0) is 6.42 Å². The maximum absolute atomic E-state index is 14.2. The van der Waals surface area contributed by atoms with Gasteiger partial charge in [-0.05, 0) is 61.4 Å². The number of ether oxygens (including phenoxy) is 2. The number of aromatic nitrogens is 3. The summed E-state index contributed by atoms with van der Waals surface area (Å²) in [7, 11) is 3.23. The molecule has 0 aliphatic rings. The fraction of sp³-hybridized carbons (Fsp3) is 0.156. The summed E-state index contributed by atoms with van der Waals surface area (Å²) in [5.41, 5.74) is 4.58. The van der Waals surface area contributed by atoms with Crippen molar-refractivity contribution < 1.29 is 14.3 Å². The van der Waals surface area contributed by atoms with Crippen LogP contribution in [0.2, 0.25) is 5.02 Å². The van der Waals surface area contributed by atoms with Crippen molar-refractivity contribution in [1.29, 1.82) is 0 Å². The number of thiophene rings is 1. The number of nitrogens with zero attached hydrogens (tertiary/aromatic N) is 4. The van der Waals surface area contributed by atoms with Gasteiger partial charge in [-0.2, -0.15) is 5.10 Å². The Morgan fingerprint density at radius 1 is 0.976 bits per heavy atom. The Balaban J connectivity index is 1.36. The minimum Gasteiger partial charge on any atom is -0.493 e. The molecule has 0 bridgehead atoms. The van der Waals surface area contributed by atoms with Crippen LogP contribution in [0.1, 0.15) is 20.9 Å². The molecular formula is C32H27ClN4O3S2. The van der Waals surface area contributed by atoms with Crippen molar-refractivity contribution in [2.24, 2.45) is 0 Å². The minimum absolute atomic E-state index is 0.104. The first-order chi connectivity index (χ1) is 20.4. The predicted molar refractivity (Wildman–Crippen MR) is 171 cm³/mol. The fourth-order valence-electron chi connectivity index (χ4n) is 4.73. The second-order valence-electron chi connectivity index (χ2n) is 9.58. The molecule has 0 unspecified atom stereocenters. The van der Waals surface area contributed by atoms with E-state index in [0.29, 0.717) is 39.5 Å². The van der Waals surface area contributed by atoms with Crippen molar-refractivity contribution in [3.05, 3.63) is 105 Å². The molecule has 3 aromatic carbocycles. The van der Waals surface area contributed by atoms with Gasteiger partial charge in [0.05, 0.1) is 36.2 Å². The van der Waals surface area contributed by atoms with Crippen LogP contribution in [0, 0.1) is 6.92 Å². The van der Waals surface area contributed by atoms with E-state index in [1.165, 1.54) is 22.7 Å². The summed E-state index contributed by atoms with van der Waals surface area (Å²) < 4.78 is 12.8. The minimum atomic E-state index is -0.104. The lowest BCUT2D eigenvalue weighted by atomic mass is 10.1. The SMILES string of the molecule is COc1ccc(CCN(C(=O)c2cc3c(C)nn(-c4ccccc4)c3s2)c2nc(-c3ccc(Cl)cc3)cs2)cc1OC. The molecule has 7 nitrogen and oxygen atoms in total. The molecule has 0 aliphatic carbocycles. The average molecular weight is 615 g/mol. The summed E-state index contributed by atoms with van der Waals surface area (Å²) >= 11 is 8.98. The molecule has 0 spiro atoms. The number of anilines is 1. The summed E-state index contributed by atoms with van der Waals surface area (Å²) in [4.78, 5) is 22.4. The maximum atomic E-state index is 14.2. The molecule has 1 amide bonds. The molecule has 0 atom stereocenters. The summed E-state index contributed by atoms with van der Waals surface area (Å²) in [6.45, 7) is 2.40. The molecule has 6 aromatic rings. The standard InChI is InChI=1S/C32H27ClN4O3S2/c1-20-25-18-29(42-31(25)37(35-20)24-7-5-4-6-8-24)30(38)36(16-15-21-9-14-27(39-2)28(17-21)40-3)32-34-26(19-41-32)22-10-12-23(33)13-11-22/h4-14,17-19H,15-16H2,1-3H3. The Labute approximate surface area is 256 Å². The highest BCUT2D eigenvalue weighted by Crippen LogP contribution is 2.34. The zero-order chi connectivity index (χ0) is 29.2. The molecule has 0 fully saturated rings. The van der Waals surface area contributed by atoms with Crippen LogP contribution in [0.4, 0.5) is 5.13 Å². The second kappa shape index (κ2) is 12.0. The number of rotatable bonds is 9. The zero-order valence-corrected chi connectivity index (χ0v) is 25.6. The van der Waals surface area contributed by atoms with Gasteiger partial charge in [0.2, 0.25) is 0 Å². The Bertz CT molecular complexity index is 1860. The second-order valence-corrected chi connectivity index (χ2v) is 11.9. The number of hydrogen-bond acceptors (Lipinski definition) is 7. The molecular weight excluding hydrogens is 588 g/mol. The van der Waals surface area contributed by atoms with Crippen LogP contribution in [-0.4, -0.2) is 41.4 Å². The van der Waals surface area contributed by atoms with Gasteiger partial charge in [0.15, 0.2) is 16.6 Å². The number of thiazole rings is 1. The average Bonchev–Trinajstić information content (AvgIpc) is 3.75. The van der Waals surface area contributed by atoms with E-state index in [9.17, 15) is 4.79 Å². The number of para-hydroxylation sites is 1. The summed E-state index contributed by atoms with van der Waals surface area (Å²) in [6, 6.07) is 25.3. The molecule has 42 heavy (non-hydrogen) atoms. The van der Waals surface area contributed by atoms with E-state index in [2.05, 4.69) is 0 Å². The van der Waals surface area contributed by atoms with Crippen molar-refractivity contribution in [3.8, 4) is 28.4 Å². The number of halogens is 1. The Morgan fingerprint density at radius 2 is 1.74 bits per heavy atom.